The molecule has 0 radical (unpaired) electrons. The van der Waals surface area contributed by atoms with Gasteiger partial charge in [-0.3, -0.25) is 0 Å². The summed E-state index contributed by atoms with van der Waals surface area (Å²) in [5.41, 5.74) is 2.51. The third-order valence-electron chi connectivity index (χ3n) is 2.17. The molecule has 0 spiro atoms. The highest BCUT2D eigenvalue weighted by Gasteiger charge is 2.03. The van der Waals surface area contributed by atoms with Crippen LogP contribution in [-0.2, 0) is 13.0 Å². The van der Waals surface area contributed by atoms with Gasteiger partial charge in [-0.05, 0) is 0 Å². The van der Waals surface area contributed by atoms with Gasteiger partial charge in [0.25, 0.3) is 0 Å². The van der Waals surface area contributed by atoms with Crippen molar-refractivity contribution >= 4 is 11.6 Å². The van der Waals surface area contributed by atoms with Crippen LogP contribution in [0.25, 0.3) is 0 Å². The number of nitrogens with one attached hydrogen (secondary N) is 2. The highest BCUT2D eigenvalue weighted by molar-refractivity contribution is 5.46. The fourth-order valence-corrected chi connectivity index (χ4v) is 1.33. The van der Waals surface area contributed by atoms with E-state index >= 15 is 0 Å². The Morgan fingerprint density at radius 2 is 2.18 bits per heavy atom. The summed E-state index contributed by atoms with van der Waals surface area (Å²) in [5, 5.41) is 6.74. The summed E-state index contributed by atoms with van der Waals surface area (Å²) in [7, 11) is 0. The number of hydrogen-bond acceptors (Lipinski definition) is 7. The van der Waals surface area contributed by atoms with Crippen LogP contribution in [0.3, 0.4) is 0 Å². The van der Waals surface area contributed by atoms with Gasteiger partial charge in [-0.25, -0.2) is 15.8 Å². The number of nitrogens with two attached hydrogens (primary N) is 1. The van der Waals surface area contributed by atoms with Crippen molar-refractivity contribution in [3.8, 4) is 0 Å². The Bertz CT molecular complexity index is 447. The smallest absolute Gasteiger partial charge is 0.155 e. The monoisotopic (exact) mass is 234 g/mol. The summed E-state index contributed by atoms with van der Waals surface area (Å²) in [6, 6.07) is 3.52. The number of hydrazine groups is 1. The zero-order valence-corrected chi connectivity index (χ0v) is 9.47. The van der Waals surface area contributed by atoms with E-state index in [0.717, 1.165) is 18.0 Å². The molecular formula is C10H14N6O. The van der Waals surface area contributed by atoms with Gasteiger partial charge >= 0.3 is 0 Å². The minimum atomic E-state index is 0.518. The Morgan fingerprint density at radius 1 is 1.35 bits per heavy atom. The Labute approximate surface area is 98.4 Å². The number of aromatic nitrogens is 3. The lowest BCUT2D eigenvalue weighted by Gasteiger charge is -2.07. The third-order valence-corrected chi connectivity index (χ3v) is 2.17. The van der Waals surface area contributed by atoms with E-state index in [2.05, 4.69) is 25.9 Å². The van der Waals surface area contributed by atoms with Crippen molar-refractivity contribution in [2.45, 2.75) is 19.9 Å². The molecular weight excluding hydrogens is 220 g/mol. The molecule has 90 valence electrons. The molecule has 4 N–H and O–H groups in total. The molecule has 0 bridgehead atoms. The number of nitrogens with zero attached hydrogens (tertiary/aromatic N) is 3. The number of aryl methyl sites for hydroxylation is 1. The van der Waals surface area contributed by atoms with Crippen LogP contribution >= 0.6 is 0 Å². The van der Waals surface area contributed by atoms with E-state index in [1.807, 2.05) is 6.92 Å². The van der Waals surface area contributed by atoms with Crippen LogP contribution in [0.4, 0.5) is 11.6 Å². The van der Waals surface area contributed by atoms with Crippen molar-refractivity contribution in [3.63, 3.8) is 0 Å². The topological polar surface area (TPSA) is 102 Å². The molecule has 0 saturated heterocycles. The van der Waals surface area contributed by atoms with Gasteiger partial charge in [0.05, 0.1) is 12.7 Å². The number of hydrogen-bond donors (Lipinski definition) is 3. The van der Waals surface area contributed by atoms with Crippen LogP contribution in [0.5, 0.6) is 0 Å². The maximum Gasteiger partial charge on any atom is 0.155 e. The average Bonchev–Trinajstić information content (AvgIpc) is 2.89. The largest absolute Gasteiger partial charge is 0.363 e. The first kappa shape index (κ1) is 11.3. The van der Waals surface area contributed by atoms with E-state index in [9.17, 15) is 0 Å². The second-order valence-corrected chi connectivity index (χ2v) is 3.38. The van der Waals surface area contributed by atoms with Crippen LogP contribution in [0.1, 0.15) is 18.5 Å². The molecule has 0 saturated carbocycles. The van der Waals surface area contributed by atoms with Crippen LogP contribution in [-0.4, -0.2) is 15.1 Å². The summed E-state index contributed by atoms with van der Waals surface area (Å²) < 4.78 is 4.97. The molecule has 0 aliphatic rings. The molecule has 0 unspecified atom stereocenters. The molecule has 2 aromatic heterocycles. The van der Waals surface area contributed by atoms with Crippen LogP contribution in [0, 0.1) is 0 Å². The Hall–Kier alpha value is -2.15. The molecule has 2 rings (SSSR count). The maximum atomic E-state index is 5.34. The fraction of sp³-hybridized carbons (Fsp3) is 0.300. The van der Waals surface area contributed by atoms with Crippen molar-refractivity contribution < 1.29 is 4.52 Å². The van der Waals surface area contributed by atoms with Crippen molar-refractivity contribution in [2.75, 3.05) is 10.7 Å². The van der Waals surface area contributed by atoms with Gasteiger partial charge < -0.3 is 15.3 Å². The summed E-state index contributed by atoms with van der Waals surface area (Å²) in [6.45, 7) is 2.50. The maximum absolute atomic E-state index is 5.34. The quantitative estimate of drug-likeness (QED) is 0.522. The van der Waals surface area contributed by atoms with E-state index < -0.39 is 0 Å². The number of anilines is 2. The average molecular weight is 234 g/mol. The highest BCUT2D eigenvalue weighted by Crippen LogP contribution is 2.12. The number of nitrogen functional groups attached to an aromatic ring is 1. The predicted octanol–water partition coefficient (Wildman–Crippen LogP) is 0.925. The van der Waals surface area contributed by atoms with Crippen molar-refractivity contribution in [3.05, 3.63) is 29.9 Å². The summed E-state index contributed by atoms with van der Waals surface area (Å²) >= 11 is 0. The number of rotatable bonds is 5. The van der Waals surface area contributed by atoms with Gasteiger partial charge in [0.1, 0.15) is 17.5 Å². The first-order chi connectivity index (χ1) is 8.31. The van der Waals surface area contributed by atoms with Gasteiger partial charge in [0.15, 0.2) is 5.76 Å². The van der Waals surface area contributed by atoms with Crippen LogP contribution < -0.4 is 16.6 Å². The predicted molar refractivity (Wildman–Crippen MR) is 63.0 cm³/mol. The lowest BCUT2D eigenvalue weighted by molar-refractivity contribution is 0.388. The van der Waals surface area contributed by atoms with Gasteiger partial charge in [0, 0.05) is 18.6 Å². The Kier molecular flexibility index (Phi) is 3.51. The SMILES string of the molecule is CCc1nc(NN)cc(NCc2ccno2)n1. The van der Waals surface area contributed by atoms with Gasteiger partial charge in [0.2, 0.25) is 0 Å². The zero-order valence-electron chi connectivity index (χ0n) is 9.47. The first-order valence-electron chi connectivity index (χ1n) is 5.30. The molecule has 17 heavy (non-hydrogen) atoms. The second-order valence-electron chi connectivity index (χ2n) is 3.38. The molecule has 2 heterocycles. The fourth-order valence-electron chi connectivity index (χ4n) is 1.33. The molecule has 0 atom stereocenters. The minimum Gasteiger partial charge on any atom is -0.363 e. The zero-order chi connectivity index (χ0) is 12.1. The Morgan fingerprint density at radius 3 is 2.82 bits per heavy atom. The molecule has 2 aromatic rings. The highest BCUT2D eigenvalue weighted by atomic mass is 16.5. The summed E-state index contributed by atoms with van der Waals surface area (Å²) in [6.07, 6.45) is 2.34. The standard InChI is InChI=1S/C10H14N6O/c1-2-8-14-9(5-10(15-8)16-11)12-6-7-3-4-13-17-7/h3-5H,2,6,11H2,1H3,(H2,12,14,15,16). The summed E-state index contributed by atoms with van der Waals surface area (Å²) in [4.78, 5) is 8.51. The third kappa shape index (κ3) is 2.91. The molecule has 7 nitrogen and oxygen atoms in total. The lowest BCUT2D eigenvalue weighted by atomic mass is 10.4. The molecule has 0 aliphatic heterocycles. The Balaban J connectivity index is 2.09. The minimum absolute atomic E-state index is 0.518. The van der Waals surface area contributed by atoms with E-state index in [0.29, 0.717) is 18.2 Å². The lowest BCUT2D eigenvalue weighted by Crippen LogP contribution is -2.12. The molecule has 0 amide bonds. The van der Waals surface area contributed by atoms with Gasteiger partial charge in [-0.1, -0.05) is 12.1 Å². The van der Waals surface area contributed by atoms with E-state index in [1.165, 1.54) is 0 Å². The molecule has 0 aliphatic carbocycles. The first-order valence-corrected chi connectivity index (χ1v) is 5.30. The van der Waals surface area contributed by atoms with Gasteiger partial charge in [-0.2, -0.15) is 0 Å². The van der Waals surface area contributed by atoms with E-state index in [-0.39, 0.29) is 0 Å². The molecule has 0 aromatic carbocycles. The van der Waals surface area contributed by atoms with Crippen LogP contribution in [0.15, 0.2) is 22.9 Å². The normalized spacial score (nSPS) is 10.2. The van der Waals surface area contributed by atoms with E-state index in [1.54, 1.807) is 18.3 Å². The van der Waals surface area contributed by atoms with Crippen molar-refractivity contribution in [2.24, 2.45) is 5.84 Å². The summed E-state index contributed by atoms with van der Waals surface area (Å²) in [5.74, 6) is 8.07. The second kappa shape index (κ2) is 5.26. The van der Waals surface area contributed by atoms with Crippen molar-refractivity contribution in [1.82, 2.24) is 15.1 Å². The van der Waals surface area contributed by atoms with E-state index in [4.69, 9.17) is 10.4 Å². The van der Waals surface area contributed by atoms with Gasteiger partial charge in [-0.15, -0.1) is 0 Å². The molecule has 7 heteroatoms. The van der Waals surface area contributed by atoms with Crippen molar-refractivity contribution in [1.29, 1.82) is 0 Å². The van der Waals surface area contributed by atoms with Crippen LogP contribution in [0.2, 0.25) is 0 Å². The molecule has 0 fully saturated rings.